The minimum Gasteiger partial charge on any atom is -0.321 e. The van der Waals surface area contributed by atoms with Crippen LogP contribution < -0.4 is 10.6 Å². The fraction of sp³-hybridized carbons (Fsp3) is 0. The molecule has 8 heterocycles. The predicted octanol–water partition coefficient (Wildman–Crippen LogP) is 13.7. The first-order valence-corrected chi connectivity index (χ1v) is 22.8. The summed E-state index contributed by atoms with van der Waals surface area (Å²) in [6, 6.07) is 40.9. The zero-order valence-electron chi connectivity index (χ0n) is 29.9. The molecule has 6 nitrogen and oxygen atoms in total. The highest BCUT2D eigenvalue weighted by Gasteiger charge is 2.35. The molecule has 58 heavy (non-hydrogen) atoms. The maximum Gasteiger partial charge on any atom is 0.257 e. The van der Waals surface area contributed by atoms with Gasteiger partial charge in [0.05, 0.1) is 22.3 Å². The van der Waals surface area contributed by atoms with Gasteiger partial charge < -0.3 is 10.6 Å². The number of anilines is 2. The van der Waals surface area contributed by atoms with Gasteiger partial charge >= 0.3 is 0 Å². The normalized spacial score (nSPS) is 14.9. The van der Waals surface area contributed by atoms with Crippen LogP contribution in [0.5, 0.6) is 0 Å². The van der Waals surface area contributed by atoms with Crippen LogP contribution in [0.1, 0.15) is 30.6 Å². The minimum atomic E-state index is -0.301. The van der Waals surface area contributed by atoms with E-state index in [0.717, 1.165) is 59.9 Å². The van der Waals surface area contributed by atoms with Gasteiger partial charge in [-0.25, -0.2) is 0 Å². The van der Waals surface area contributed by atoms with Crippen molar-refractivity contribution in [3.8, 4) is 52.5 Å². The highest BCUT2D eigenvalue weighted by Crippen LogP contribution is 2.47. The standard InChI is InChI=1S/C46H24N4O2S6/c47-23-27(35-3-1-17-53-35)19-29-7-11-39(55-29)41-15-13-37(57-41)25-5-9-31-33(21-25)49-45(51)43(31)44-32-10-6-26(22-34(32)50-46(44)52)38-14-16-42(58-38)40-12-8-30(56-40)20-28(24-48)36-4-2-18-54-36/h1-22H,(H,49,51)(H,50,52)/b27-19+,28-20+,44-43+. The molecule has 6 aromatic heterocycles. The Morgan fingerprint density at radius 3 is 1.33 bits per heavy atom. The van der Waals surface area contributed by atoms with Crippen molar-refractivity contribution in [1.29, 1.82) is 10.5 Å². The Balaban J connectivity index is 0.890. The molecule has 2 amide bonds. The molecule has 12 heteroatoms. The summed E-state index contributed by atoms with van der Waals surface area (Å²) in [5, 5.41) is 29.4. The average molecular weight is 857 g/mol. The number of fused-ring (bicyclic) bond motifs is 2. The summed E-state index contributed by atoms with van der Waals surface area (Å²) in [6.45, 7) is 0. The molecule has 0 bridgehead atoms. The fourth-order valence-electron chi connectivity index (χ4n) is 6.99. The molecule has 8 aromatic rings. The number of benzene rings is 2. The summed E-state index contributed by atoms with van der Waals surface area (Å²) < 4.78 is 0. The quantitative estimate of drug-likeness (QED) is 0.117. The zero-order chi connectivity index (χ0) is 39.3. The van der Waals surface area contributed by atoms with Crippen LogP contribution in [0.4, 0.5) is 11.4 Å². The zero-order valence-corrected chi connectivity index (χ0v) is 34.8. The van der Waals surface area contributed by atoms with Gasteiger partial charge in [0.2, 0.25) is 0 Å². The Morgan fingerprint density at radius 2 is 0.914 bits per heavy atom. The average Bonchev–Trinajstić information content (AvgIpc) is 4.09. The van der Waals surface area contributed by atoms with Crippen molar-refractivity contribution in [2.75, 3.05) is 10.6 Å². The van der Waals surface area contributed by atoms with Crippen LogP contribution in [0.3, 0.4) is 0 Å². The van der Waals surface area contributed by atoms with Gasteiger partial charge in [-0.2, -0.15) is 10.5 Å². The molecule has 10 rings (SSSR count). The summed E-state index contributed by atoms with van der Waals surface area (Å²) in [5.74, 6) is -0.602. The molecule has 0 unspecified atom stereocenters. The van der Waals surface area contributed by atoms with Gasteiger partial charge in [-0.05, 0) is 107 Å². The Bertz CT molecular complexity index is 2920. The number of nitrogens with zero attached hydrogens (tertiary/aromatic N) is 2. The van der Waals surface area contributed by atoms with E-state index in [1.807, 2.05) is 95.7 Å². The molecular weight excluding hydrogens is 833 g/mol. The molecule has 0 saturated heterocycles. The van der Waals surface area contributed by atoms with Crippen molar-refractivity contribution >= 4 is 126 Å². The van der Waals surface area contributed by atoms with Crippen molar-refractivity contribution in [3.05, 3.63) is 151 Å². The molecule has 276 valence electrons. The summed E-state index contributed by atoms with van der Waals surface area (Å²) in [6.07, 6.45) is 3.88. The lowest BCUT2D eigenvalue weighted by Crippen LogP contribution is -2.10. The van der Waals surface area contributed by atoms with E-state index in [0.29, 0.717) is 44.8 Å². The van der Waals surface area contributed by atoms with E-state index in [4.69, 9.17) is 0 Å². The number of amides is 2. The number of allylic oxidation sites excluding steroid dienone is 2. The molecule has 0 spiro atoms. The number of thiophene rings is 6. The molecular formula is C46H24N4O2S6. The largest absolute Gasteiger partial charge is 0.321 e. The van der Waals surface area contributed by atoms with Crippen molar-refractivity contribution < 1.29 is 9.59 Å². The van der Waals surface area contributed by atoms with E-state index in [2.05, 4.69) is 59.2 Å². The number of carbonyl (C=O) groups excluding carboxylic acids is 2. The Labute approximate surface area is 356 Å². The molecule has 0 atom stereocenters. The van der Waals surface area contributed by atoms with Crippen LogP contribution >= 0.6 is 68.0 Å². The Morgan fingerprint density at radius 1 is 0.500 bits per heavy atom. The second kappa shape index (κ2) is 14.9. The van der Waals surface area contributed by atoms with Gasteiger partial charge in [0, 0.05) is 71.3 Å². The number of hydrogen-bond donors (Lipinski definition) is 2. The van der Waals surface area contributed by atoms with E-state index >= 15 is 0 Å². The minimum absolute atomic E-state index is 0.301. The van der Waals surface area contributed by atoms with Crippen LogP contribution in [-0.2, 0) is 9.59 Å². The fourth-order valence-corrected chi connectivity index (χ4v) is 12.5. The predicted molar refractivity (Wildman–Crippen MR) is 246 cm³/mol. The van der Waals surface area contributed by atoms with E-state index in [1.54, 1.807) is 68.0 Å². The molecule has 0 fully saturated rings. The van der Waals surface area contributed by atoms with Crippen LogP contribution in [0, 0.1) is 22.7 Å². The monoisotopic (exact) mass is 856 g/mol. The molecule has 2 aliphatic rings. The van der Waals surface area contributed by atoms with Gasteiger partial charge in [0.1, 0.15) is 12.1 Å². The summed E-state index contributed by atoms with van der Waals surface area (Å²) in [7, 11) is 0. The van der Waals surface area contributed by atoms with E-state index in [1.165, 1.54) is 0 Å². The number of carbonyl (C=O) groups is 2. The van der Waals surface area contributed by atoms with Crippen molar-refractivity contribution in [2.24, 2.45) is 0 Å². The highest BCUT2D eigenvalue weighted by molar-refractivity contribution is 7.25. The number of nitrogens with one attached hydrogen (secondary N) is 2. The SMILES string of the molecule is N#C/C(=C\c1ccc(-c2ccc(-c3ccc4c(c3)NC(=O)/C4=C3/C(=O)Nc4cc(-c5ccc(-c6ccc(/C=C(\C#N)c7cccs7)s6)s5)ccc43)s2)s1)c1cccs1. The Hall–Kier alpha value is -6.22. The Kier molecular flexibility index (Phi) is 9.31. The third-order valence-electron chi connectivity index (χ3n) is 9.69. The lowest BCUT2D eigenvalue weighted by molar-refractivity contribution is -0.112. The van der Waals surface area contributed by atoms with Crippen LogP contribution in [0.2, 0.25) is 0 Å². The number of hydrogen-bond acceptors (Lipinski definition) is 10. The first-order chi connectivity index (χ1) is 28.4. The van der Waals surface area contributed by atoms with Crippen molar-refractivity contribution in [3.63, 3.8) is 0 Å². The van der Waals surface area contributed by atoms with Crippen LogP contribution in [-0.4, -0.2) is 11.8 Å². The number of rotatable bonds is 8. The highest BCUT2D eigenvalue weighted by atomic mass is 32.1. The second-order valence-corrected chi connectivity index (χ2v) is 19.5. The van der Waals surface area contributed by atoms with E-state index in [-0.39, 0.29) is 11.8 Å². The molecule has 0 saturated carbocycles. The molecule has 2 aromatic carbocycles. The second-order valence-electron chi connectivity index (χ2n) is 13.2. The first-order valence-electron chi connectivity index (χ1n) is 17.8. The summed E-state index contributed by atoms with van der Waals surface area (Å²) in [4.78, 5) is 37.7. The maximum atomic E-state index is 13.6. The summed E-state index contributed by atoms with van der Waals surface area (Å²) in [5.41, 5.74) is 6.74. The lowest BCUT2D eigenvalue weighted by Gasteiger charge is -2.06. The van der Waals surface area contributed by atoms with Crippen molar-refractivity contribution in [2.45, 2.75) is 0 Å². The topological polar surface area (TPSA) is 106 Å². The van der Waals surface area contributed by atoms with Gasteiger partial charge in [-0.15, -0.1) is 68.0 Å². The van der Waals surface area contributed by atoms with Crippen LogP contribution in [0.25, 0.3) is 74.8 Å². The van der Waals surface area contributed by atoms with Gasteiger partial charge in [0.15, 0.2) is 0 Å². The van der Waals surface area contributed by atoms with Gasteiger partial charge in [-0.1, -0.05) is 36.4 Å². The maximum absolute atomic E-state index is 13.6. The number of nitriles is 2. The first kappa shape index (κ1) is 36.1. The summed E-state index contributed by atoms with van der Waals surface area (Å²) >= 11 is 9.73. The van der Waals surface area contributed by atoms with Crippen molar-refractivity contribution in [1.82, 2.24) is 0 Å². The van der Waals surface area contributed by atoms with Gasteiger partial charge in [0.25, 0.3) is 11.8 Å². The molecule has 2 N–H and O–H groups in total. The third kappa shape index (κ3) is 6.62. The molecule has 2 aliphatic heterocycles. The molecule has 0 radical (unpaired) electrons. The lowest BCUT2D eigenvalue weighted by atomic mass is 9.95. The third-order valence-corrected chi connectivity index (χ3v) is 16.2. The van der Waals surface area contributed by atoms with Crippen LogP contribution in [0.15, 0.2) is 120 Å². The van der Waals surface area contributed by atoms with E-state index in [9.17, 15) is 20.1 Å². The van der Waals surface area contributed by atoms with E-state index < -0.39 is 0 Å². The van der Waals surface area contributed by atoms with Gasteiger partial charge in [-0.3, -0.25) is 9.59 Å². The molecule has 0 aliphatic carbocycles. The smallest absolute Gasteiger partial charge is 0.257 e.